The molecule has 2 amide bonds. The summed E-state index contributed by atoms with van der Waals surface area (Å²) in [5.74, 6) is 0.253. The molecule has 5 heteroatoms. The molecule has 5 nitrogen and oxygen atoms in total. The standard InChI is InChI=1S/C14H20N2O3/c1-4-16(5-2)13(17)10-15-14(18)11-7-6-8-12(9-11)19-3/h6-9H,4-5,10H2,1-3H3,(H,15,18). The molecule has 0 aliphatic carbocycles. The van der Waals surface area contributed by atoms with Crippen molar-refractivity contribution in [2.75, 3.05) is 26.7 Å². The number of amides is 2. The minimum absolute atomic E-state index is 0.0116. The van der Waals surface area contributed by atoms with Gasteiger partial charge in [0.25, 0.3) is 5.91 Å². The van der Waals surface area contributed by atoms with E-state index in [-0.39, 0.29) is 18.4 Å². The molecule has 0 fully saturated rings. The molecule has 0 aromatic heterocycles. The summed E-state index contributed by atoms with van der Waals surface area (Å²) >= 11 is 0. The van der Waals surface area contributed by atoms with Crippen molar-refractivity contribution in [1.82, 2.24) is 10.2 Å². The fourth-order valence-corrected chi connectivity index (χ4v) is 1.71. The Morgan fingerprint density at radius 3 is 2.53 bits per heavy atom. The Bertz CT molecular complexity index is 442. The molecule has 1 aromatic carbocycles. The zero-order valence-corrected chi connectivity index (χ0v) is 11.6. The molecule has 104 valence electrons. The highest BCUT2D eigenvalue weighted by Crippen LogP contribution is 2.12. The maximum Gasteiger partial charge on any atom is 0.251 e. The molecule has 0 bridgehead atoms. The van der Waals surface area contributed by atoms with Crippen LogP contribution in [0, 0.1) is 0 Å². The second-order valence-electron chi connectivity index (χ2n) is 3.98. The fourth-order valence-electron chi connectivity index (χ4n) is 1.71. The molecule has 19 heavy (non-hydrogen) atoms. The van der Waals surface area contributed by atoms with Crippen LogP contribution < -0.4 is 10.1 Å². The molecule has 0 aliphatic heterocycles. The van der Waals surface area contributed by atoms with Crippen molar-refractivity contribution in [3.8, 4) is 5.75 Å². The van der Waals surface area contributed by atoms with Gasteiger partial charge < -0.3 is 15.0 Å². The third kappa shape index (κ3) is 4.28. The van der Waals surface area contributed by atoms with Gasteiger partial charge in [-0.25, -0.2) is 0 Å². The van der Waals surface area contributed by atoms with Gasteiger partial charge in [-0.1, -0.05) is 6.07 Å². The summed E-state index contributed by atoms with van der Waals surface area (Å²) < 4.78 is 5.05. The Hall–Kier alpha value is -2.04. The average molecular weight is 264 g/mol. The fraction of sp³-hybridized carbons (Fsp3) is 0.429. The lowest BCUT2D eigenvalue weighted by Crippen LogP contribution is -2.39. The lowest BCUT2D eigenvalue weighted by molar-refractivity contribution is -0.129. The molecule has 0 atom stereocenters. The number of benzene rings is 1. The van der Waals surface area contributed by atoms with Crippen molar-refractivity contribution >= 4 is 11.8 Å². The molecule has 0 spiro atoms. The number of nitrogens with zero attached hydrogens (tertiary/aromatic N) is 1. The molecule has 0 saturated carbocycles. The minimum Gasteiger partial charge on any atom is -0.497 e. The first-order chi connectivity index (χ1) is 9.12. The highest BCUT2D eigenvalue weighted by molar-refractivity contribution is 5.96. The summed E-state index contributed by atoms with van der Waals surface area (Å²) in [6.45, 7) is 5.11. The van der Waals surface area contributed by atoms with E-state index in [4.69, 9.17) is 4.74 Å². The molecule has 1 N–H and O–H groups in total. The van der Waals surface area contributed by atoms with Crippen molar-refractivity contribution in [2.24, 2.45) is 0 Å². The lowest BCUT2D eigenvalue weighted by atomic mass is 10.2. The predicted molar refractivity (Wildman–Crippen MR) is 73.3 cm³/mol. The second-order valence-corrected chi connectivity index (χ2v) is 3.98. The van der Waals surface area contributed by atoms with Crippen molar-refractivity contribution in [1.29, 1.82) is 0 Å². The largest absolute Gasteiger partial charge is 0.497 e. The van der Waals surface area contributed by atoms with Crippen LogP contribution in [-0.2, 0) is 4.79 Å². The molecule has 0 aliphatic rings. The van der Waals surface area contributed by atoms with E-state index in [0.29, 0.717) is 24.4 Å². The normalized spacial score (nSPS) is 9.84. The Balaban J connectivity index is 2.57. The molecule has 0 heterocycles. The van der Waals surface area contributed by atoms with E-state index >= 15 is 0 Å². The molecule has 1 aromatic rings. The van der Waals surface area contributed by atoms with E-state index in [1.54, 1.807) is 36.3 Å². The molecule has 0 radical (unpaired) electrons. The van der Waals surface area contributed by atoms with Gasteiger partial charge in [0.15, 0.2) is 0 Å². The Morgan fingerprint density at radius 1 is 1.26 bits per heavy atom. The summed E-state index contributed by atoms with van der Waals surface area (Å²) in [5, 5.41) is 2.61. The number of ether oxygens (including phenoxy) is 1. The third-order valence-corrected chi connectivity index (χ3v) is 2.85. The molecule has 1 rings (SSSR count). The summed E-state index contributed by atoms with van der Waals surface area (Å²) in [5.41, 5.74) is 0.478. The van der Waals surface area contributed by atoms with E-state index < -0.39 is 0 Å². The van der Waals surface area contributed by atoms with Crippen molar-refractivity contribution in [3.63, 3.8) is 0 Å². The van der Waals surface area contributed by atoms with E-state index in [1.165, 1.54) is 0 Å². The minimum atomic E-state index is -0.278. The smallest absolute Gasteiger partial charge is 0.251 e. The molecular formula is C14H20N2O3. The topological polar surface area (TPSA) is 58.6 Å². The Kier molecular flexibility index (Phi) is 5.85. The number of rotatable bonds is 6. The van der Waals surface area contributed by atoms with Crippen LogP contribution in [0.4, 0.5) is 0 Å². The van der Waals surface area contributed by atoms with Crippen LogP contribution in [0.2, 0.25) is 0 Å². The number of hydrogen-bond donors (Lipinski definition) is 1. The second kappa shape index (κ2) is 7.41. The van der Waals surface area contributed by atoms with Gasteiger partial charge in [-0.3, -0.25) is 9.59 Å². The highest BCUT2D eigenvalue weighted by atomic mass is 16.5. The maximum absolute atomic E-state index is 11.9. The van der Waals surface area contributed by atoms with E-state index in [2.05, 4.69) is 5.32 Å². The van der Waals surface area contributed by atoms with E-state index in [1.807, 2.05) is 13.8 Å². The van der Waals surface area contributed by atoms with Crippen molar-refractivity contribution < 1.29 is 14.3 Å². The first-order valence-electron chi connectivity index (χ1n) is 6.32. The number of carbonyl (C=O) groups excluding carboxylic acids is 2. The van der Waals surface area contributed by atoms with E-state index in [9.17, 15) is 9.59 Å². The van der Waals surface area contributed by atoms with Gasteiger partial charge >= 0.3 is 0 Å². The first-order valence-corrected chi connectivity index (χ1v) is 6.32. The number of methoxy groups -OCH3 is 1. The monoisotopic (exact) mass is 264 g/mol. The van der Waals surface area contributed by atoms with Crippen LogP contribution in [0.5, 0.6) is 5.75 Å². The zero-order valence-electron chi connectivity index (χ0n) is 11.6. The van der Waals surface area contributed by atoms with E-state index in [0.717, 1.165) is 0 Å². The van der Waals surface area contributed by atoms with Gasteiger partial charge in [0.2, 0.25) is 5.91 Å². The SMILES string of the molecule is CCN(CC)C(=O)CNC(=O)c1cccc(OC)c1. The summed E-state index contributed by atoms with van der Waals surface area (Å²) in [6, 6.07) is 6.81. The summed E-state index contributed by atoms with van der Waals surface area (Å²) in [4.78, 5) is 25.3. The number of carbonyl (C=O) groups is 2. The molecule has 0 unspecified atom stereocenters. The zero-order chi connectivity index (χ0) is 14.3. The quantitative estimate of drug-likeness (QED) is 0.842. The van der Waals surface area contributed by atoms with Crippen molar-refractivity contribution in [3.05, 3.63) is 29.8 Å². The number of hydrogen-bond acceptors (Lipinski definition) is 3. The highest BCUT2D eigenvalue weighted by Gasteiger charge is 2.12. The van der Waals surface area contributed by atoms with Gasteiger partial charge in [0.05, 0.1) is 13.7 Å². The van der Waals surface area contributed by atoms with Crippen molar-refractivity contribution in [2.45, 2.75) is 13.8 Å². The predicted octanol–water partition coefficient (Wildman–Crippen LogP) is 1.29. The van der Waals surface area contributed by atoms with Crippen LogP contribution in [0.15, 0.2) is 24.3 Å². The molecule has 0 saturated heterocycles. The van der Waals surface area contributed by atoms with Crippen LogP contribution >= 0.6 is 0 Å². The Morgan fingerprint density at radius 2 is 1.95 bits per heavy atom. The summed E-state index contributed by atoms with van der Waals surface area (Å²) in [7, 11) is 1.54. The van der Waals surface area contributed by atoms with Crippen LogP contribution in [0.1, 0.15) is 24.2 Å². The third-order valence-electron chi connectivity index (χ3n) is 2.85. The van der Waals surface area contributed by atoms with Gasteiger partial charge in [-0.2, -0.15) is 0 Å². The first kappa shape index (κ1) is 15.0. The van der Waals surface area contributed by atoms with Gasteiger partial charge in [0, 0.05) is 18.7 Å². The van der Waals surface area contributed by atoms with Gasteiger partial charge in [-0.15, -0.1) is 0 Å². The molecular weight excluding hydrogens is 244 g/mol. The van der Waals surface area contributed by atoms with Crippen LogP contribution in [0.3, 0.4) is 0 Å². The summed E-state index contributed by atoms with van der Waals surface area (Å²) in [6.07, 6.45) is 0. The maximum atomic E-state index is 11.9. The Labute approximate surface area is 113 Å². The van der Waals surface area contributed by atoms with Crippen LogP contribution in [0.25, 0.3) is 0 Å². The lowest BCUT2D eigenvalue weighted by Gasteiger charge is -2.18. The van der Waals surface area contributed by atoms with Gasteiger partial charge in [0.1, 0.15) is 5.75 Å². The number of nitrogens with one attached hydrogen (secondary N) is 1. The average Bonchev–Trinajstić information content (AvgIpc) is 2.46. The number of likely N-dealkylation sites (N-methyl/N-ethyl adjacent to an activating group) is 1. The van der Waals surface area contributed by atoms with Gasteiger partial charge in [-0.05, 0) is 32.0 Å². The van der Waals surface area contributed by atoms with Crippen LogP contribution in [-0.4, -0.2) is 43.5 Å².